The van der Waals surface area contributed by atoms with E-state index in [1.54, 1.807) is 11.3 Å². The van der Waals surface area contributed by atoms with Gasteiger partial charge in [-0.2, -0.15) is 16.4 Å². The lowest BCUT2D eigenvalue weighted by Gasteiger charge is -2.07. The SMILES string of the molecule is Cc1ccc(C(=O)NCCn2ccc(-c3ccsc3)n2)cc1C. The number of aromatic nitrogens is 2. The van der Waals surface area contributed by atoms with E-state index in [1.807, 2.05) is 54.4 Å². The average Bonchev–Trinajstić information content (AvgIpc) is 3.20. The van der Waals surface area contributed by atoms with Crippen molar-refractivity contribution in [3.8, 4) is 11.3 Å². The number of aryl methyl sites for hydroxylation is 2. The van der Waals surface area contributed by atoms with Crippen LogP contribution in [0.15, 0.2) is 47.3 Å². The van der Waals surface area contributed by atoms with Gasteiger partial charge in [0.2, 0.25) is 0 Å². The van der Waals surface area contributed by atoms with Gasteiger partial charge in [-0.3, -0.25) is 9.48 Å². The molecule has 0 aliphatic heterocycles. The molecule has 0 atom stereocenters. The molecule has 3 aromatic rings. The van der Waals surface area contributed by atoms with E-state index in [-0.39, 0.29) is 5.91 Å². The second kappa shape index (κ2) is 6.79. The van der Waals surface area contributed by atoms with E-state index in [2.05, 4.69) is 21.9 Å². The maximum Gasteiger partial charge on any atom is 0.251 e. The molecule has 0 aliphatic rings. The van der Waals surface area contributed by atoms with Gasteiger partial charge in [0.25, 0.3) is 5.91 Å². The zero-order valence-electron chi connectivity index (χ0n) is 13.2. The summed E-state index contributed by atoms with van der Waals surface area (Å²) >= 11 is 1.66. The molecule has 118 valence electrons. The fraction of sp³-hybridized carbons (Fsp3) is 0.222. The highest BCUT2D eigenvalue weighted by Gasteiger charge is 2.07. The van der Waals surface area contributed by atoms with E-state index in [9.17, 15) is 4.79 Å². The van der Waals surface area contributed by atoms with Crippen molar-refractivity contribution < 1.29 is 4.79 Å². The van der Waals surface area contributed by atoms with Gasteiger partial charge in [0.15, 0.2) is 0 Å². The van der Waals surface area contributed by atoms with E-state index in [1.165, 1.54) is 5.56 Å². The lowest BCUT2D eigenvalue weighted by Crippen LogP contribution is -2.27. The Kier molecular flexibility index (Phi) is 4.57. The highest BCUT2D eigenvalue weighted by atomic mass is 32.1. The van der Waals surface area contributed by atoms with Crippen molar-refractivity contribution in [2.75, 3.05) is 6.54 Å². The molecule has 1 aromatic carbocycles. The number of carbonyl (C=O) groups is 1. The first-order valence-corrected chi connectivity index (χ1v) is 8.49. The smallest absolute Gasteiger partial charge is 0.251 e. The topological polar surface area (TPSA) is 46.9 Å². The van der Waals surface area contributed by atoms with E-state index in [0.29, 0.717) is 18.7 Å². The third kappa shape index (κ3) is 3.68. The van der Waals surface area contributed by atoms with Gasteiger partial charge in [0, 0.05) is 29.2 Å². The number of rotatable bonds is 5. The number of thiophene rings is 1. The average molecular weight is 325 g/mol. The maximum absolute atomic E-state index is 12.2. The van der Waals surface area contributed by atoms with Crippen molar-refractivity contribution in [2.24, 2.45) is 0 Å². The minimum atomic E-state index is -0.0432. The molecule has 1 N–H and O–H groups in total. The van der Waals surface area contributed by atoms with Gasteiger partial charge in [-0.05, 0) is 54.6 Å². The molecular weight excluding hydrogens is 306 g/mol. The lowest BCUT2D eigenvalue weighted by molar-refractivity contribution is 0.0952. The van der Waals surface area contributed by atoms with Crippen LogP contribution >= 0.6 is 11.3 Å². The minimum Gasteiger partial charge on any atom is -0.350 e. The fourth-order valence-electron chi connectivity index (χ4n) is 2.32. The molecule has 0 saturated carbocycles. The second-order valence-electron chi connectivity index (χ2n) is 5.53. The van der Waals surface area contributed by atoms with Crippen molar-refractivity contribution in [2.45, 2.75) is 20.4 Å². The quantitative estimate of drug-likeness (QED) is 0.778. The summed E-state index contributed by atoms with van der Waals surface area (Å²) < 4.78 is 1.85. The summed E-state index contributed by atoms with van der Waals surface area (Å²) in [5, 5.41) is 11.6. The van der Waals surface area contributed by atoms with Gasteiger partial charge >= 0.3 is 0 Å². The predicted octanol–water partition coefficient (Wildman–Crippen LogP) is 3.66. The Morgan fingerprint density at radius 1 is 1.22 bits per heavy atom. The van der Waals surface area contributed by atoms with Crippen molar-refractivity contribution in [1.82, 2.24) is 15.1 Å². The number of hydrogen-bond donors (Lipinski definition) is 1. The molecule has 3 rings (SSSR count). The van der Waals surface area contributed by atoms with E-state index >= 15 is 0 Å². The first kappa shape index (κ1) is 15.5. The molecule has 0 unspecified atom stereocenters. The highest BCUT2D eigenvalue weighted by molar-refractivity contribution is 7.08. The third-order valence-corrected chi connectivity index (χ3v) is 4.54. The van der Waals surface area contributed by atoms with Crippen LogP contribution in [0.2, 0.25) is 0 Å². The minimum absolute atomic E-state index is 0.0432. The van der Waals surface area contributed by atoms with Gasteiger partial charge in [-0.25, -0.2) is 0 Å². The summed E-state index contributed by atoms with van der Waals surface area (Å²) in [5.41, 5.74) is 5.12. The lowest BCUT2D eigenvalue weighted by atomic mass is 10.1. The number of nitrogens with zero attached hydrogens (tertiary/aromatic N) is 2. The first-order chi connectivity index (χ1) is 11.1. The molecule has 0 bridgehead atoms. The van der Waals surface area contributed by atoms with Crippen LogP contribution in [-0.4, -0.2) is 22.2 Å². The van der Waals surface area contributed by atoms with Crippen molar-refractivity contribution in [3.63, 3.8) is 0 Å². The number of benzene rings is 1. The van der Waals surface area contributed by atoms with Crippen LogP contribution < -0.4 is 5.32 Å². The molecule has 23 heavy (non-hydrogen) atoms. The summed E-state index contributed by atoms with van der Waals surface area (Å²) in [6.07, 6.45) is 1.94. The van der Waals surface area contributed by atoms with Gasteiger partial charge < -0.3 is 5.32 Å². The van der Waals surface area contributed by atoms with Crippen LogP contribution in [-0.2, 0) is 6.54 Å². The maximum atomic E-state index is 12.2. The molecule has 1 amide bonds. The van der Waals surface area contributed by atoms with Crippen LogP contribution in [0.4, 0.5) is 0 Å². The number of amides is 1. The van der Waals surface area contributed by atoms with E-state index in [4.69, 9.17) is 0 Å². The van der Waals surface area contributed by atoms with Crippen molar-refractivity contribution in [3.05, 3.63) is 64.0 Å². The molecule has 2 aromatic heterocycles. The van der Waals surface area contributed by atoms with Crippen molar-refractivity contribution in [1.29, 1.82) is 0 Å². The molecule has 4 nitrogen and oxygen atoms in total. The van der Waals surface area contributed by atoms with Gasteiger partial charge in [-0.1, -0.05) is 6.07 Å². The first-order valence-electron chi connectivity index (χ1n) is 7.55. The standard InChI is InChI=1S/C18H19N3OS/c1-13-3-4-15(11-14(13)2)18(22)19-7-9-21-8-5-17(20-21)16-6-10-23-12-16/h3-6,8,10-12H,7,9H2,1-2H3,(H,19,22). The molecule has 0 radical (unpaired) electrons. The molecule has 2 heterocycles. The number of carbonyl (C=O) groups excluding carboxylic acids is 1. The molecule has 0 aliphatic carbocycles. The Hall–Kier alpha value is -2.40. The van der Waals surface area contributed by atoms with Gasteiger partial charge in [0.05, 0.1) is 12.2 Å². The zero-order chi connectivity index (χ0) is 16.2. The Bertz CT molecular complexity index is 806. The van der Waals surface area contributed by atoms with Gasteiger partial charge in [-0.15, -0.1) is 0 Å². The number of nitrogens with one attached hydrogen (secondary N) is 1. The molecule has 0 fully saturated rings. The normalized spacial score (nSPS) is 10.7. The number of hydrogen-bond acceptors (Lipinski definition) is 3. The Labute approximate surface area is 139 Å². The summed E-state index contributed by atoms with van der Waals surface area (Å²) in [6, 6.07) is 9.81. The van der Waals surface area contributed by atoms with E-state index < -0.39 is 0 Å². The Balaban J connectivity index is 1.55. The molecular formula is C18H19N3OS. The summed E-state index contributed by atoms with van der Waals surface area (Å²) in [6.45, 7) is 5.26. The van der Waals surface area contributed by atoms with Gasteiger partial charge in [0.1, 0.15) is 0 Å². The fourth-order valence-corrected chi connectivity index (χ4v) is 2.97. The van der Waals surface area contributed by atoms with Crippen molar-refractivity contribution >= 4 is 17.2 Å². The molecule has 5 heteroatoms. The molecule has 0 saturated heterocycles. The second-order valence-corrected chi connectivity index (χ2v) is 6.31. The summed E-state index contributed by atoms with van der Waals surface area (Å²) in [4.78, 5) is 12.2. The highest BCUT2D eigenvalue weighted by Crippen LogP contribution is 2.19. The van der Waals surface area contributed by atoms with Crippen LogP contribution in [0.1, 0.15) is 21.5 Å². The Morgan fingerprint density at radius 2 is 2.09 bits per heavy atom. The Morgan fingerprint density at radius 3 is 2.83 bits per heavy atom. The monoisotopic (exact) mass is 325 g/mol. The van der Waals surface area contributed by atoms with Crippen LogP contribution in [0.25, 0.3) is 11.3 Å². The van der Waals surface area contributed by atoms with E-state index in [0.717, 1.165) is 16.8 Å². The largest absolute Gasteiger partial charge is 0.350 e. The predicted molar refractivity (Wildman–Crippen MR) is 93.8 cm³/mol. The van der Waals surface area contributed by atoms with Crippen LogP contribution in [0.3, 0.4) is 0 Å². The summed E-state index contributed by atoms with van der Waals surface area (Å²) in [5.74, 6) is -0.0432. The van der Waals surface area contributed by atoms with Crippen LogP contribution in [0, 0.1) is 13.8 Å². The third-order valence-electron chi connectivity index (χ3n) is 3.85. The van der Waals surface area contributed by atoms with Crippen LogP contribution in [0.5, 0.6) is 0 Å². The zero-order valence-corrected chi connectivity index (χ0v) is 14.1. The molecule has 0 spiro atoms. The summed E-state index contributed by atoms with van der Waals surface area (Å²) in [7, 11) is 0.